The first-order valence-electron chi connectivity index (χ1n) is 8.83. The minimum absolute atomic E-state index is 0.557. The molecular weight excluding hydrogens is 472 g/mol. The van der Waals surface area contributed by atoms with E-state index in [1.54, 1.807) is 0 Å². The molecule has 1 unspecified atom stereocenters. The van der Waals surface area contributed by atoms with Crippen LogP contribution >= 0.6 is 0 Å². The molecule has 0 fully saturated rings. The highest BCUT2D eigenvalue weighted by molar-refractivity contribution is 7.97. The lowest BCUT2D eigenvalue weighted by atomic mass is 10.3. The molecule has 0 spiro atoms. The summed E-state index contributed by atoms with van der Waals surface area (Å²) < 4.78 is 89.4. The van der Waals surface area contributed by atoms with Crippen molar-refractivity contribution in [2.45, 2.75) is 25.9 Å². The molecule has 0 bridgehead atoms. The number of benzene rings is 3. The van der Waals surface area contributed by atoms with Crippen LogP contribution in [-0.2, 0) is 25.8 Å². The van der Waals surface area contributed by atoms with Crippen molar-refractivity contribution in [2.24, 2.45) is 0 Å². The van der Waals surface area contributed by atoms with Gasteiger partial charge in [-0.25, -0.2) is 17.6 Å². The van der Waals surface area contributed by atoms with E-state index in [1.165, 1.54) is 12.1 Å². The van der Waals surface area contributed by atoms with Crippen LogP contribution in [0.1, 0.15) is 0 Å². The van der Waals surface area contributed by atoms with E-state index in [-0.39, 0.29) is 0 Å². The highest BCUT2D eigenvalue weighted by Crippen LogP contribution is 2.39. The van der Waals surface area contributed by atoms with Crippen LogP contribution in [0.3, 0.4) is 0 Å². The van der Waals surface area contributed by atoms with Gasteiger partial charge in [-0.15, -0.1) is 0 Å². The van der Waals surface area contributed by atoms with Crippen LogP contribution in [-0.4, -0.2) is 30.1 Å². The summed E-state index contributed by atoms with van der Waals surface area (Å²) >= 11 is 0. The molecule has 3 aromatic carbocycles. The average molecular weight is 486 g/mol. The smallest absolute Gasteiger partial charge is 0.447 e. The van der Waals surface area contributed by atoms with Gasteiger partial charge in [0.1, 0.15) is 5.75 Å². The number of rotatable bonds is 6. The van der Waals surface area contributed by atoms with Crippen LogP contribution in [0, 0.1) is 0 Å². The Bertz CT molecular complexity index is 1140. The fraction of sp³-hybridized carbons (Fsp3) is 0.0952. The molecule has 5 nitrogen and oxygen atoms in total. The minimum atomic E-state index is -6.75. The number of esters is 1. The van der Waals surface area contributed by atoms with Crippen molar-refractivity contribution in [1.29, 1.82) is 0 Å². The third kappa shape index (κ3) is 4.64. The number of carbonyl (C=O) groups is 1. The first-order chi connectivity index (χ1) is 14.9. The highest BCUT2D eigenvalue weighted by atomic mass is 32.2. The lowest BCUT2D eigenvalue weighted by Crippen LogP contribution is -2.56. The summed E-state index contributed by atoms with van der Waals surface area (Å²) in [5.41, 5.74) is 0. The van der Waals surface area contributed by atoms with Gasteiger partial charge in [-0.3, -0.25) is 0 Å². The molecule has 1 atom stereocenters. The standard InChI is InChI=1S/C21H14F4O5S2/c22-20(21(23,24)25,32(27,28)29)19(26)30-15-11-13-18(14-12-15)31(16-7-3-1-4-8-16)17-9-5-2-6-10-17/h1-14H. The largest absolute Gasteiger partial charge is 0.745 e. The number of carbonyl (C=O) groups excluding carboxylic acids is 1. The van der Waals surface area contributed by atoms with E-state index in [2.05, 4.69) is 4.74 Å². The van der Waals surface area contributed by atoms with Crippen molar-refractivity contribution >= 4 is 27.0 Å². The predicted molar refractivity (Wildman–Crippen MR) is 107 cm³/mol. The van der Waals surface area contributed by atoms with Gasteiger partial charge >= 0.3 is 17.1 Å². The van der Waals surface area contributed by atoms with E-state index in [9.17, 15) is 35.3 Å². The molecular formula is C21H14F4O5S2. The Balaban J connectivity index is 1.93. The van der Waals surface area contributed by atoms with Gasteiger partial charge in [0, 0.05) is 0 Å². The molecule has 0 aliphatic heterocycles. The van der Waals surface area contributed by atoms with Gasteiger partial charge in [-0.05, 0) is 48.5 Å². The number of alkyl halides is 4. The van der Waals surface area contributed by atoms with E-state index < -0.39 is 43.9 Å². The summed E-state index contributed by atoms with van der Waals surface area (Å²) in [5, 5.41) is -5.73. The molecule has 3 rings (SSSR count). The Kier molecular flexibility index (Phi) is 6.63. The SMILES string of the molecule is O=C(Oc1ccc([S+](c2ccccc2)c2ccccc2)cc1)C(F)(C(F)(F)F)S(=O)(=O)[O-]. The van der Waals surface area contributed by atoms with Gasteiger partial charge in [0.15, 0.2) is 24.8 Å². The molecule has 11 heteroatoms. The number of hydrogen-bond acceptors (Lipinski definition) is 5. The molecule has 0 amide bonds. The molecule has 0 aromatic heterocycles. The highest BCUT2D eigenvalue weighted by Gasteiger charge is 2.69. The second kappa shape index (κ2) is 8.93. The minimum Gasteiger partial charge on any atom is -0.745 e. The Morgan fingerprint density at radius 3 is 1.53 bits per heavy atom. The van der Waals surface area contributed by atoms with E-state index in [1.807, 2.05) is 60.7 Å². The molecule has 0 N–H and O–H groups in total. The van der Waals surface area contributed by atoms with Gasteiger partial charge in [-0.1, -0.05) is 36.4 Å². The van der Waals surface area contributed by atoms with Gasteiger partial charge in [0.2, 0.25) is 0 Å². The maximum atomic E-state index is 14.0. The molecule has 168 valence electrons. The van der Waals surface area contributed by atoms with Crippen molar-refractivity contribution in [1.82, 2.24) is 0 Å². The summed E-state index contributed by atoms with van der Waals surface area (Å²) in [7, 11) is -7.37. The lowest BCUT2D eigenvalue weighted by molar-refractivity contribution is -0.209. The summed E-state index contributed by atoms with van der Waals surface area (Å²) in [5.74, 6) is -3.43. The van der Waals surface area contributed by atoms with E-state index >= 15 is 0 Å². The van der Waals surface area contributed by atoms with Crippen LogP contribution < -0.4 is 4.74 Å². The number of ether oxygens (including phenoxy) is 1. The topological polar surface area (TPSA) is 83.5 Å². The third-order valence-corrected chi connectivity index (χ3v) is 7.52. The fourth-order valence-electron chi connectivity index (χ4n) is 2.70. The number of halogens is 4. The van der Waals surface area contributed by atoms with Gasteiger partial charge in [0.25, 0.3) is 0 Å². The predicted octanol–water partition coefficient (Wildman–Crippen LogP) is 4.46. The summed E-state index contributed by atoms with van der Waals surface area (Å²) in [6, 6.07) is 23.7. The lowest BCUT2D eigenvalue weighted by Gasteiger charge is -2.27. The monoisotopic (exact) mass is 486 g/mol. The Morgan fingerprint density at radius 2 is 1.16 bits per heavy atom. The van der Waals surface area contributed by atoms with Crippen molar-refractivity contribution < 1.29 is 40.1 Å². The summed E-state index contributed by atoms with van der Waals surface area (Å²) in [6.45, 7) is 0. The number of hydrogen-bond donors (Lipinski definition) is 0. The van der Waals surface area contributed by atoms with Crippen LogP contribution in [0.5, 0.6) is 5.75 Å². The van der Waals surface area contributed by atoms with Crippen LogP contribution in [0.25, 0.3) is 0 Å². The maximum absolute atomic E-state index is 14.0. The third-order valence-electron chi connectivity index (χ3n) is 4.20. The van der Waals surface area contributed by atoms with Crippen molar-refractivity contribution in [3.8, 4) is 5.75 Å². The van der Waals surface area contributed by atoms with Crippen LogP contribution in [0.15, 0.2) is 99.6 Å². The zero-order valence-corrected chi connectivity index (χ0v) is 17.6. The van der Waals surface area contributed by atoms with Gasteiger partial charge in [-0.2, -0.15) is 13.2 Å². The molecule has 0 aliphatic carbocycles. The fourth-order valence-corrected chi connectivity index (χ4v) is 5.31. The van der Waals surface area contributed by atoms with Crippen LogP contribution in [0.2, 0.25) is 0 Å². The van der Waals surface area contributed by atoms with Gasteiger partial charge < -0.3 is 9.29 Å². The first kappa shape index (κ1) is 23.8. The molecule has 0 radical (unpaired) electrons. The molecule has 0 saturated carbocycles. The van der Waals surface area contributed by atoms with E-state index in [4.69, 9.17) is 0 Å². The van der Waals surface area contributed by atoms with Crippen molar-refractivity contribution in [2.75, 3.05) is 0 Å². The molecule has 3 aromatic rings. The van der Waals surface area contributed by atoms with Crippen molar-refractivity contribution in [3.05, 3.63) is 84.9 Å². The molecule has 0 heterocycles. The Labute approximate surface area is 183 Å². The second-order valence-corrected chi connectivity index (χ2v) is 9.84. The van der Waals surface area contributed by atoms with Gasteiger partial charge in [0.05, 0.1) is 10.9 Å². The van der Waals surface area contributed by atoms with E-state index in [0.717, 1.165) is 21.9 Å². The normalized spacial score (nSPS) is 14.1. The summed E-state index contributed by atoms with van der Waals surface area (Å²) in [6.07, 6.45) is -6.31. The molecule has 0 saturated heterocycles. The quantitative estimate of drug-likeness (QED) is 0.169. The molecule has 0 aliphatic rings. The van der Waals surface area contributed by atoms with Crippen LogP contribution in [0.4, 0.5) is 17.6 Å². The van der Waals surface area contributed by atoms with Crippen molar-refractivity contribution in [3.63, 3.8) is 0 Å². The zero-order valence-electron chi connectivity index (χ0n) is 16.0. The second-order valence-electron chi connectivity index (χ2n) is 6.34. The average Bonchev–Trinajstić information content (AvgIpc) is 2.74. The molecule has 32 heavy (non-hydrogen) atoms. The van der Waals surface area contributed by atoms with E-state index in [0.29, 0.717) is 4.90 Å². The maximum Gasteiger partial charge on any atom is 0.447 e. The first-order valence-corrected chi connectivity index (χ1v) is 11.5. The zero-order chi connectivity index (χ0) is 23.6. The Morgan fingerprint density at radius 1 is 0.750 bits per heavy atom. The Hall–Kier alpha value is -2.89. The summed E-state index contributed by atoms with van der Waals surface area (Å²) in [4.78, 5) is 14.3.